The lowest BCUT2D eigenvalue weighted by atomic mass is 9.85. The molecule has 2 aliphatic carbocycles. The van der Waals surface area contributed by atoms with Crippen LogP contribution < -0.4 is 5.32 Å². The van der Waals surface area contributed by atoms with Gasteiger partial charge in [0, 0.05) is 25.2 Å². The average molecular weight is 354 g/mol. The van der Waals surface area contributed by atoms with Crippen molar-refractivity contribution in [3.8, 4) is 0 Å². The molecule has 3 rings (SSSR count). The topological polar surface area (TPSA) is 88.1 Å². The van der Waals surface area contributed by atoms with Crippen molar-refractivity contribution in [3.63, 3.8) is 0 Å². The summed E-state index contributed by atoms with van der Waals surface area (Å²) in [4.78, 5) is 25.3. The highest BCUT2D eigenvalue weighted by Crippen LogP contribution is 2.33. The van der Waals surface area contributed by atoms with Gasteiger partial charge in [0.05, 0.1) is 19.3 Å². The van der Waals surface area contributed by atoms with E-state index in [1.165, 1.54) is 12.8 Å². The van der Waals surface area contributed by atoms with E-state index >= 15 is 0 Å². The number of carbonyl (C=O) groups is 2. The fourth-order valence-corrected chi connectivity index (χ4v) is 3.57. The van der Waals surface area contributed by atoms with Gasteiger partial charge >= 0.3 is 5.97 Å². The van der Waals surface area contributed by atoms with Crippen molar-refractivity contribution in [3.05, 3.63) is 0 Å². The minimum Gasteiger partial charge on any atom is -0.480 e. The Morgan fingerprint density at radius 1 is 1.32 bits per heavy atom. The van der Waals surface area contributed by atoms with E-state index in [0.717, 1.165) is 38.8 Å². The van der Waals surface area contributed by atoms with Crippen LogP contribution in [0, 0.1) is 5.92 Å². The third-order valence-electron chi connectivity index (χ3n) is 5.43. The number of rotatable bonds is 10. The standard InChI is InChI=1S/C18H30N2O5/c1-12(25-11-16-3-2-6-24-16)18(23)19-14-7-15(8-14)20(10-17(21)22)9-13-4-5-13/h12-16H,2-11H2,1H3,(H,19,23)(H,21,22). The second kappa shape index (κ2) is 8.47. The van der Waals surface area contributed by atoms with Crippen LogP contribution in [0.4, 0.5) is 0 Å². The zero-order valence-electron chi connectivity index (χ0n) is 15.0. The predicted octanol–water partition coefficient (Wildman–Crippen LogP) is 1.01. The Kier molecular flexibility index (Phi) is 6.30. The number of nitrogens with one attached hydrogen (secondary N) is 1. The molecule has 2 saturated carbocycles. The summed E-state index contributed by atoms with van der Waals surface area (Å²) in [6.07, 6.45) is 5.77. The van der Waals surface area contributed by atoms with Gasteiger partial charge in [0.2, 0.25) is 5.91 Å². The van der Waals surface area contributed by atoms with E-state index in [2.05, 4.69) is 10.2 Å². The van der Waals surface area contributed by atoms with Gasteiger partial charge in [-0.1, -0.05) is 0 Å². The first kappa shape index (κ1) is 18.6. The fraction of sp³-hybridized carbons (Fsp3) is 0.889. The lowest BCUT2D eigenvalue weighted by Crippen LogP contribution is -2.56. The molecule has 2 atom stereocenters. The summed E-state index contributed by atoms with van der Waals surface area (Å²) in [7, 11) is 0. The Hall–Kier alpha value is -1.18. The van der Waals surface area contributed by atoms with Crippen molar-refractivity contribution in [2.75, 3.05) is 26.3 Å². The number of hydrogen-bond acceptors (Lipinski definition) is 5. The van der Waals surface area contributed by atoms with Crippen LogP contribution in [0.15, 0.2) is 0 Å². The minimum absolute atomic E-state index is 0.0894. The van der Waals surface area contributed by atoms with E-state index < -0.39 is 12.1 Å². The first-order chi connectivity index (χ1) is 12.0. The molecule has 1 heterocycles. The van der Waals surface area contributed by atoms with Crippen LogP contribution in [0.2, 0.25) is 0 Å². The summed E-state index contributed by atoms with van der Waals surface area (Å²) >= 11 is 0. The summed E-state index contributed by atoms with van der Waals surface area (Å²) in [5.74, 6) is -0.197. The molecule has 0 aromatic carbocycles. The highest BCUT2D eigenvalue weighted by Gasteiger charge is 2.38. The van der Waals surface area contributed by atoms with Crippen molar-refractivity contribution in [2.45, 2.75) is 69.7 Å². The van der Waals surface area contributed by atoms with Gasteiger partial charge in [-0.15, -0.1) is 0 Å². The molecule has 7 heteroatoms. The third-order valence-corrected chi connectivity index (χ3v) is 5.43. The molecule has 0 radical (unpaired) electrons. The number of amides is 1. The van der Waals surface area contributed by atoms with Crippen molar-refractivity contribution in [1.82, 2.24) is 10.2 Å². The highest BCUT2D eigenvalue weighted by atomic mass is 16.5. The van der Waals surface area contributed by atoms with Crippen molar-refractivity contribution < 1.29 is 24.2 Å². The molecule has 3 aliphatic rings. The number of ether oxygens (including phenoxy) is 2. The molecule has 2 N–H and O–H groups in total. The van der Waals surface area contributed by atoms with Gasteiger partial charge in [-0.25, -0.2) is 0 Å². The molecule has 1 saturated heterocycles. The summed E-state index contributed by atoms with van der Waals surface area (Å²) in [5.41, 5.74) is 0. The van der Waals surface area contributed by atoms with Crippen LogP contribution in [0.1, 0.15) is 45.4 Å². The van der Waals surface area contributed by atoms with Crippen LogP contribution in [0.25, 0.3) is 0 Å². The quantitative estimate of drug-likeness (QED) is 0.609. The maximum absolute atomic E-state index is 12.2. The van der Waals surface area contributed by atoms with Crippen molar-refractivity contribution in [1.29, 1.82) is 0 Å². The zero-order chi connectivity index (χ0) is 17.8. The van der Waals surface area contributed by atoms with E-state index in [-0.39, 0.29) is 30.6 Å². The smallest absolute Gasteiger partial charge is 0.317 e. The Morgan fingerprint density at radius 3 is 2.68 bits per heavy atom. The number of carboxylic acids is 1. The van der Waals surface area contributed by atoms with Gasteiger partial charge in [0.15, 0.2) is 0 Å². The van der Waals surface area contributed by atoms with Gasteiger partial charge in [-0.05, 0) is 51.4 Å². The van der Waals surface area contributed by atoms with Crippen LogP contribution in [-0.2, 0) is 19.1 Å². The Balaban J connectivity index is 1.34. The zero-order valence-corrected chi connectivity index (χ0v) is 15.0. The van der Waals surface area contributed by atoms with E-state index in [0.29, 0.717) is 12.5 Å². The van der Waals surface area contributed by atoms with E-state index in [4.69, 9.17) is 14.6 Å². The Bertz CT molecular complexity index is 470. The van der Waals surface area contributed by atoms with E-state index in [9.17, 15) is 9.59 Å². The maximum Gasteiger partial charge on any atom is 0.317 e. The van der Waals surface area contributed by atoms with Gasteiger partial charge in [0.1, 0.15) is 6.10 Å². The molecule has 7 nitrogen and oxygen atoms in total. The molecular formula is C18H30N2O5. The number of carbonyl (C=O) groups excluding carboxylic acids is 1. The summed E-state index contributed by atoms with van der Waals surface area (Å²) < 4.78 is 11.1. The molecule has 0 aromatic rings. The van der Waals surface area contributed by atoms with Gasteiger partial charge in [-0.3, -0.25) is 14.5 Å². The third kappa shape index (κ3) is 5.66. The predicted molar refractivity (Wildman–Crippen MR) is 91.3 cm³/mol. The van der Waals surface area contributed by atoms with Gasteiger partial charge in [0.25, 0.3) is 0 Å². The second-order valence-corrected chi connectivity index (χ2v) is 7.71. The van der Waals surface area contributed by atoms with E-state index in [1.807, 2.05) is 0 Å². The number of nitrogens with zero attached hydrogens (tertiary/aromatic N) is 1. The number of aliphatic carboxylic acids is 1. The second-order valence-electron chi connectivity index (χ2n) is 7.71. The monoisotopic (exact) mass is 354 g/mol. The van der Waals surface area contributed by atoms with Crippen LogP contribution in [-0.4, -0.2) is 72.5 Å². The van der Waals surface area contributed by atoms with Crippen LogP contribution in [0.5, 0.6) is 0 Å². The first-order valence-corrected chi connectivity index (χ1v) is 9.50. The minimum atomic E-state index is -0.774. The molecule has 3 fully saturated rings. The average Bonchev–Trinajstić information content (AvgIpc) is 3.18. The largest absolute Gasteiger partial charge is 0.480 e. The Labute approximate surface area is 149 Å². The fourth-order valence-electron chi connectivity index (χ4n) is 3.57. The summed E-state index contributed by atoms with van der Waals surface area (Å²) in [6.45, 7) is 3.99. The molecule has 0 bridgehead atoms. The number of hydrogen-bond donors (Lipinski definition) is 2. The highest BCUT2D eigenvalue weighted by molar-refractivity contribution is 5.80. The van der Waals surface area contributed by atoms with E-state index in [1.54, 1.807) is 6.92 Å². The van der Waals surface area contributed by atoms with Crippen molar-refractivity contribution >= 4 is 11.9 Å². The number of carboxylic acid groups (broad SMARTS) is 1. The molecule has 0 aromatic heterocycles. The van der Waals surface area contributed by atoms with Gasteiger partial charge in [-0.2, -0.15) is 0 Å². The SMILES string of the molecule is CC(OCC1CCCO1)C(=O)NC1CC(N(CC(=O)O)CC2CC2)C1. The summed E-state index contributed by atoms with van der Waals surface area (Å²) in [5, 5.41) is 12.1. The normalized spacial score (nSPS) is 30.1. The molecule has 25 heavy (non-hydrogen) atoms. The first-order valence-electron chi connectivity index (χ1n) is 9.50. The van der Waals surface area contributed by atoms with Crippen LogP contribution in [0.3, 0.4) is 0 Å². The van der Waals surface area contributed by atoms with Gasteiger partial charge < -0.3 is 19.9 Å². The Morgan fingerprint density at radius 2 is 2.08 bits per heavy atom. The molecule has 0 spiro atoms. The molecular weight excluding hydrogens is 324 g/mol. The lowest BCUT2D eigenvalue weighted by Gasteiger charge is -2.43. The molecule has 142 valence electrons. The van der Waals surface area contributed by atoms with Crippen molar-refractivity contribution in [2.24, 2.45) is 5.92 Å². The summed E-state index contributed by atoms with van der Waals surface area (Å²) in [6, 6.07) is 0.395. The maximum atomic E-state index is 12.2. The molecule has 1 aliphatic heterocycles. The molecule has 2 unspecified atom stereocenters. The van der Waals surface area contributed by atoms with Crippen LogP contribution >= 0.6 is 0 Å². The lowest BCUT2D eigenvalue weighted by molar-refractivity contribution is -0.141. The molecule has 1 amide bonds.